The molecule has 21 heavy (non-hydrogen) atoms. The first-order valence-corrected chi connectivity index (χ1v) is 7.19. The van der Waals surface area contributed by atoms with Crippen LogP contribution < -0.4 is 4.72 Å². The Balaban J connectivity index is 2.50. The zero-order valence-electron chi connectivity index (χ0n) is 11.0. The first-order chi connectivity index (χ1) is 9.72. The Hall–Kier alpha value is -2.49. The minimum absolute atomic E-state index is 0.0334. The number of aryl methyl sites for hydroxylation is 1. The second kappa shape index (κ2) is 5.13. The second-order valence-corrected chi connectivity index (χ2v) is 5.95. The number of halogens is 1. The summed E-state index contributed by atoms with van der Waals surface area (Å²) in [5.74, 6) is -0.862. The highest BCUT2D eigenvalue weighted by atomic mass is 32.2. The van der Waals surface area contributed by atoms with Crippen LogP contribution in [0.5, 0.6) is 0 Å². The molecule has 2 rings (SSSR count). The second-order valence-electron chi connectivity index (χ2n) is 4.30. The smallest absolute Gasteiger partial charge is 0.280 e. The molecule has 0 amide bonds. The van der Waals surface area contributed by atoms with Crippen molar-refractivity contribution in [2.24, 2.45) is 0 Å². The normalized spacial score (nSPS) is 11.4. The quantitative estimate of drug-likeness (QED) is 0.659. The third-order valence-electron chi connectivity index (χ3n) is 2.89. The maximum atomic E-state index is 13.1. The number of anilines is 1. The van der Waals surface area contributed by atoms with E-state index in [2.05, 4.69) is 14.9 Å². The summed E-state index contributed by atoms with van der Waals surface area (Å²) in [6, 6.07) is 2.23. The van der Waals surface area contributed by atoms with E-state index in [-0.39, 0.29) is 5.82 Å². The lowest BCUT2D eigenvalue weighted by molar-refractivity contribution is -0.388. The van der Waals surface area contributed by atoms with E-state index in [1.165, 1.54) is 0 Å². The number of nitro benzene ring substituents is 1. The van der Waals surface area contributed by atoms with Crippen LogP contribution >= 0.6 is 0 Å². The molecule has 0 saturated carbocycles. The van der Waals surface area contributed by atoms with Gasteiger partial charge in [-0.15, -0.1) is 0 Å². The average molecular weight is 314 g/mol. The Morgan fingerprint density at radius 3 is 2.57 bits per heavy atom. The molecular formula is C11H11FN4O4S. The number of aromatic nitrogens is 2. The van der Waals surface area contributed by atoms with Gasteiger partial charge in [-0.05, 0) is 26.0 Å². The van der Waals surface area contributed by atoms with Crippen LogP contribution in [0, 0.1) is 29.8 Å². The molecule has 1 aromatic carbocycles. The molecule has 0 saturated heterocycles. The van der Waals surface area contributed by atoms with Crippen LogP contribution in [0.15, 0.2) is 23.1 Å². The van der Waals surface area contributed by atoms with E-state index in [1.54, 1.807) is 13.8 Å². The molecule has 1 aromatic heterocycles. The predicted octanol–water partition coefficient (Wildman–Crippen LogP) is 1.87. The van der Waals surface area contributed by atoms with Gasteiger partial charge in [-0.25, -0.2) is 12.8 Å². The highest BCUT2D eigenvalue weighted by Gasteiger charge is 2.27. The third kappa shape index (κ3) is 2.84. The van der Waals surface area contributed by atoms with Crippen LogP contribution in [0.4, 0.5) is 15.9 Å². The lowest BCUT2D eigenvalue weighted by atomic mass is 10.3. The Kier molecular flexibility index (Phi) is 3.64. The fraction of sp³-hybridized carbons (Fsp3) is 0.182. The van der Waals surface area contributed by atoms with Crippen molar-refractivity contribution < 1.29 is 17.7 Å². The van der Waals surface area contributed by atoms with Crippen molar-refractivity contribution in [3.63, 3.8) is 0 Å². The number of H-pyrrole nitrogens is 1. The number of benzene rings is 1. The van der Waals surface area contributed by atoms with Crippen molar-refractivity contribution in [2.75, 3.05) is 4.72 Å². The van der Waals surface area contributed by atoms with Crippen LogP contribution in [0.25, 0.3) is 0 Å². The standard InChI is InChI=1S/C11H11FN4O4S/c1-6-7(2)13-14-11(6)15-21(19,20)10-4-3-8(12)5-9(10)16(17)18/h3-5H,1-2H3,(H2,13,14,15). The summed E-state index contributed by atoms with van der Waals surface area (Å²) in [4.78, 5) is 9.28. The molecule has 1 heterocycles. The van der Waals surface area contributed by atoms with Gasteiger partial charge in [-0.2, -0.15) is 5.10 Å². The van der Waals surface area contributed by atoms with Gasteiger partial charge in [0.05, 0.1) is 11.0 Å². The van der Waals surface area contributed by atoms with Crippen molar-refractivity contribution in [1.29, 1.82) is 0 Å². The highest BCUT2D eigenvalue weighted by molar-refractivity contribution is 7.92. The number of nitrogens with one attached hydrogen (secondary N) is 2. The molecule has 0 atom stereocenters. The zero-order chi connectivity index (χ0) is 15.8. The van der Waals surface area contributed by atoms with Gasteiger partial charge in [-0.3, -0.25) is 19.9 Å². The van der Waals surface area contributed by atoms with Gasteiger partial charge in [0.2, 0.25) is 0 Å². The van der Waals surface area contributed by atoms with Crippen LogP contribution in [0.1, 0.15) is 11.3 Å². The molecule has 0 fully saturated rings. The van der Waals surface area contributed by atoms with Gasteiger partial charge in [0.25, 0.3) is 15.7 Å². The highest BCUT2D eigenvalue weighted by Crippen LogP contribution is 2.27. The molecule has 0 aliphatic heterocycles. The van der Waals surface area contributed by atoms with E-state index in [9.17, 15) is 22.9 Å². The molecule has 0 radical (unpaired) electrons. The van der Waals surface area contributed by atoms with E-state index < -0.39 is 31.3 Å². The fourth-order valence-corrected chi connectivity index (χ4v) is 2.85. The monoisotopic (exact) mass is 314 g/mol. The molecule has 10 heteroatoms. The van der Waals surface area contributed by atoms with E-state index in [0.717, 1.165) is 12.1 Å². The summed E-state index contributed by atoms with van der Waals surface area (Å²) in [5.41, 5.74) is 0.372. The van der Waals surface area contributed by atoms with E-state index in [1.807, 2.05) is 0 Å². The Morgan fingerprint density at radius 2 is 2.05 bits per heavy atom. The Labute approximate surface area is 119 Å². The molecule has 0 aliphatic rings. The summed E-state index contributed by atoms with van der Waals surface area (Å²) < 4.78 is 39.6. The van der Waals surface area contributed by atoms with Crippen LogP contribution in [0.3, 0.4) is 0 Å². The minimum Gasteiger partial charge on any atom is -0.280 e. The summed E-state index contributed by atoms with van der Waals surface area (Å²) >= 11 is 0. The molecular weight excluding hydrogens is 303 g/mol. The minimum atomic E-state index is -4.26. The number of nitro groups is 1. The molecule has 0 bridgehead atoms. The van der Waals surface area contributed by atoms with Gasteiger partial charge in [0.15, 0.2) is 10.7 Å². The van der Waals surface area contributed by atoms with E-state index in [0.29, 0.717) is 17.3 Å². The van der Waals surface area contributed by atoms with Crippen LogP contribution in [0.2, 0.25) is 0 Å². The van der Waals surface area contributed by atoms with Crippen molar-refractivity contribution in [2.45, 2.75) is 18.7 Å². The van der Waals surface area contributed by atoms with Gasteiger partial charge < -0.3 is 0 Å². The molecule has 0 spiro atoms. The molecule has 2 N–H and O–H groups in total. The lowest BCUT2D eigenvalue weighted by Gasteiger charge is -2.07. The molecule has 0 unspecified atom stereocenters. The number of hydrogen-bond acceptors (Lipinski definition) is 5. The van der Waals surface area contributed by atoms with Gasteiger partial charge in [-0.1, -0.05) is 0 Å². The molecule has 0 aliphatic carbocycles. The third-order valence-corrected chi connectivity index (χ3v) is 4.28. The SMILES string of the molecule is Cc1[nH]nc(NS(=O)(=O)c2ccc(F)cc2[N+](=O)[O-])c1C. The fourth-order valence-electron chi connectivity index (χ4n) is 1.63. The molecule has 8 nitrogen and oxygen atoms in total. The van der Waals surface area contributed by atoms with Crippen molar-refractivity contribution >= 4 is 21.5 Å². The average Bonchev–Trinajstić information content (AvgIpc) is 2.70. The van der Waals surface area contributed by atoms with Crippen molar-refractivity contribution in [1.82, 2.24) is 10.2 Å². The lowest BCUT2D eigenvalue weighted by Crippen LogP contribution is -2.15. The zero-order valence-corrected chi connectivity index (χ0v) is 11.9. The predicted molar refractivity (Wildman–Crippen MR) is 71.9 cm³/mol. The number of hydrogen-bond donors (Lipinski definition) is 2. The van der Waals surface area contributed by atoms with Gasteiger partial charge in [0, 0.05) is 11.3 Å². The Bertz CT molecular complexity index is 816. The van der Waals surface area contributed by atoms with Gasteiger partial charge >= 0.3 is 0 Å². The number of aromatic amines is 1. The first kappa shape index (κ1) is 14.9. The van der Waals surface area contributed by atoms with E-state index in [4.69, 9.17) is 0 Å². The van der Waals surface area contributed by atoms with E-state index >= 15 is 0 Å². The van der Waals surface area contributed by atoms with Gasteiger partial charge in [0.1, 0.15) is 5.82 Å². The summed E-state index contributed by atoms with van der Waals surface area (Å²) in [6.07, 6.45) is 0. The first-order valence-electron chi connectivity index (χ1n) is 5.70. The largest absolute Gasteiger partial charge is 0.292 e. The molecule has 112 valence electrons. The topological polar surface area (TPSA) is 118 Å². The van der Waals surface area contributed by atoms with Crippen molar-refractivity contribution in [3.05, 3.63) is 45.4 Å². The Morgan fingerprint density at radius 1 is 1.38 bits per heavy atom. The summed E-state index contributed by atoms with van der Waals surface area (Å²) in [7, 11) is -4.26. The maximum Gasteiger partial charge on any atom is 0.292 e. The summed E-state index contributed by atoms with van der Waals surface area (Å²) in [5, 5.41) is 17.2. The number of rotatable bonds is 4. The number of nitrogens with zero attached hydrogens (tertiary/aromatic N) is 2. The maximum absolute atomic E-state index is 13.1. The summed E-state index contributed by atoms with van der Waals surface area (Å²) in [6.45, 7) is 3.33. The molecule has 2 aromatic rings. The van der Waals surface area contributed by atoms with Crippen LogP contribution in [-0.2, 0) is 10.0 Å². The van der Waals surface area contributed by atoms with Crippen molar-refractivity contribution in [3.8, 4) is 0 Å². The number of sulfonamides is 1. The van der Waals surface area contributed by atoms with Crippen LogP contribution in [-0.4, -0.2) is 23.5 Å².